The Morgan fingerprint density at radius 3 is 2.30 bits per heavy atom. The molecule has 0 radical (unpaired) electrons. The molecule has 0 spiro atoms. The average molecular weight is 284 g/mol. The summed E-state index contributed by atoms with van der Waals surface area (Å²) in [5.74, 6) is -0.102. The fraction of sp³-hybridized carbons (Fsp3) is 0.857. The summed E-state index contributed by atoms with van der Waals surface area (Å²) in [5, 5.41) is 8.80. The molecule has 2 aliphatic rings. The molecule has 0 aliphatic carbocycles. The minimum absolute atomic E-state index is 0.0776. The number of carboxylic acids is 1. The molecule has 0 saturated carbocycles. The van der Waals surface area contributed by atoms with Crippen LogP contribution in [0.3, 0.4) is 0 Å². The van der Waals surface area contributed by atoms with Crippen molar-refractivity contribution in [2.24, 2.45) is 11.8 Å². The van der Waals surface area contributed by atoms with Crippen LogP contribution < -0.4 is 0 Å². The van der Waals surface area contributed by atoms with E-state index in [1.54, 1.807) is 7.11 Å². The van der Waals surface area contributed by atoms with Crippen molar-refractivity contribution < 1.29 is 19.4 Å². The van der Waals surface area contributed by atoms with Crippen molar-refractivity contribution in [2.45, 2.75) is 25.7 Å². The Balaban J connectivity index is 1.77. The van der Waals surface area contributed by atoms with E-state index in [-0.39, 0.29) is 18.4 Å². The molecule has 0 aromatic carbocycles. The van der Waals surface area contributed by atoms with Crippen molar-refractivity contribution in [3.8, 4) is 0 Å². The van der Waals surface area contributed by atoms with Gasteiger partial charge in [0.1, 0.15) is 0 Å². The van der Waals surface area contributed by atoms with Crippen LogP contribution in [0.4, 0.5) is 4.79 Å². The van der Waals surface area contributed by atoms with E-state index in [1.165, 1.54) is 0 Å². The summed E-state index contributed by atoms with van der Waals surface area (Å²) in [4.78, 5) is 26.8. The molecular formula is C14H24N2O4. The number of hydrogen-bond acceptors (Lipinski definition) is 3. The SMILES string of the molecule is COCC1CCN(C(=O)N2CCC(CC(=O)O)C2)CC1. The third-order valence-corrected chi connectivity index (χ3v) is 4.31. The molecule has 0 aromatic heterocycles. The highest BCUT2D eigenvalue weighted by atomic mass is 16.5. The van der Waals surface area contributed by atoms with Crippen LogP contribution in [0.15, 0.2) is 0 Å². The monoisotopic (exact) mass is 284 g/mol. The van der Waals surface area contributed by atoms with E-state index in [1.807, 2.05) is 9.80 Å². The van der Waals surface area contributed by atoms with E-state index < -0.39 is 5.97 Å². The highest BCUT2D eigenvalue weighted by Gasteiger charge is 2.32. The Hall–Kier alpha value is -1.30. The van der Waals surface area contributed by atoms with Crippen molar-refractivity contribution in [1.29, 1.82) is 0 Å². The second kappa shape index (κ2) is 6.92. The summed E-state index contributed by atoms with van der Waals surface area (Å²) in [6.45, 7) is 3.62. The number of urea groups is 1. The standard InChI is InChI=1S/C14H24N2O4/c1-20-10-11-2-5-15(6-3-11)14(19)16-7-4-12(9-16)8-13(17)18/h11-12H,2-10H2,1H3,(H,17,18). The maximum absolute atomic E-state index is 12.4. The Morgan fingerprint density at radius 2 is 1.70 bits per heavy atom. The predicted octanol–water partition coefficient (Wildman–Crippen LogP) is 1.26. The molecule has 2 rings (SSSR count). The minimum atomic E-state index is -0.773. The van der Waals surface area contributed by atoms with Crippen LogP contribution in [0.25, 0.3) is 0 Å². The second-order valence-electron chi connectivity index (χ2n) is 5.87. The number of amides is 2. The summed E-state index contributed by atoms with van der Waals surface area (Å²) in [7, 11) is 1.71. The van der Waals surface area contributed by atoms with Crippen molar-refractivity contribution >= 4 is 12.0 Å². The highest BCUT2D eigenvalue weighted by molar-refractivity contribution is 5.75. The van der Waals surface area contributed by atoms with Gasteiger partial charge in [0.25, 0.3) is 0 Å². The van der Waals surface area contributed by atoms with Gasteiger partial charge in [0.2, 0.25) is 0 Å². The molecule has 1 unspecified atom stereocenters. The molecule has 2 heterocycles. The first kappa shape index (κ1) is 15.1. The first-order valence-corrected chi connectivity index (χ1v) is 7.34. The largest absolute Gasteiger partial charge is 0.481 e. The third-order valence-electron chi connectivity index (χ3n) is 4.31. The van der Waals surface area contributed by atoms with E-state index in [2.05, 4.69) is 0 Å². The number of rotatable bonds is 4. The van der Waals surface area contributed by atoms with Gasteiger partial charge in [-0.25, -0.2) is 4.79 Å². The van der Waals surface area contributed by atoms with Gasteiger partial charge in [-0.1, -0.05) is 0 Å². The predicted molar refractivity (Wildman–Crippen MR) is 73.5 cm³/mol. The Morgan fingerprint density at radius 1 is 1.10 bits per heavy atom. The fourth-order valence-electron chi connectivity index (χ4n) is 3.15. The van der Waals surface area contributed by atoms with Crippen molar-refractivity contribution in [2.75, 3.05) is 39.9 Å². The summed E-state index contributed by atoms with van der Waals surface area (Å²) in [5.41, 5.74) is 0. The molecule has 6 heteroatoms. The lowest BCUT2D eigenvalue weighted by Crippen LogP contribution is -2.46. The van der Waals surface area contributed by atoms with Crippen LogP contribution in [0, 0.1) is 11.8 Å². The van der Waals surface area contributed by atoms with Crippen molar-refractivity contribution in [1.82, 2.24) is 9.80 Å². The van der Waals surface area contributed by atoms with Gasteiger partial charge in [0.05, 0.1) is 0 Å². The van der Waals surface area contributed by atoms with Crippen LogP contribution in [0.2, 0.25) is 0 Å². The van der Waals surface area contributed by atoms with Gasteiger partial charge >= 0.3 is 12.0 Å². The molecule has 2 fully saturated rings. The molecule has 1 atom stereocenters. The van der Waals surface area contributed by atoms with Gasteiger partial charge in [-0.3, -0.25) is 4.79 Å². The molecule has 0 aromatic rings. The van der Waals surface area contributed by atoms with Crippen LogP contribution in [0.5, 0.6) is 0 Å². The van der Waals surface area contributed by atoms with E-state index in [0.717, 1.165) is 39.0 Å². The molecule has 2 aliphatic heterocycles. The van der Waals surface area contributed by atoms with E-state index in [9.17, 15) is 9.59 Å². The smallest absolute Gasteiger partial charge is 0.320 e. The highest BCUT2D eigenvalue weighted by Crippen LogP contribution is 2.23. The molecule has 0 bridgehead atoms. The zero-order valence-corrected chi connectivity index (χ0v) is 12.1. The maximum Gasteiger partial charge on any atom is 0.320 e. The lowest BCUT2D eigenvalue weighted by Gasteiger charge is -2.34. The average Bonchev–Trinajstić information content (AvgIpc) is 2.87. The zero-order chi connectivity index (χ0) is 14.5. The minimum Gasteiger partial charge on any atom is -0.481 e. The number of carboxylic acid groups (broad SMARTS) is 1. The van der Waals surface area contributed by atoms with E-state index >= 15 is 0 Å². The lowest BCUT2D eigenvalue weighted by atomic mass is 9.98. The molecule has 2 saturated heterocycles. The number of aliphatic carboxylic acids is 1. The number of methoxy groups -OCH3 is 1. The topological polar surface area (TPSA) is 70.1 Å². The number of likely N-dealkylation sites (tertiary alicyclic amines) is 2. The number of ether oxygens (including phenoxy) is 1. The molecule has 6 nitrogen and oxygen atoms in total. The quantitative estimate of drug-likeness (QED) is 0.844. The van der Waals surface area contributed by atoms with E-state index in [4.69, 9.17) is 9.84 Å². The lowest BCUT2D eigenvalue weighted by molar-refractivity contribution is -0.138. The van der Waals surface area contributed by atoms with Crippen LogP contribution in [0.1, 0.15) is 25.7 Å². The van der Waals surface area contributed by atoms with Gasteiger partial charge in [-0.05, 0) is 31.1 Å². The van der Waals surface area contributed by atoms with Crippen molar-refractivity contribution in [3.05, 3.63) is 0 Å². The van der Waals surface area contributed by atoms with Gasteiger partial charge in [-0.15, -0.1) is 0 Å². The van der Waals surface area contributed by atoms with Crippen molar-refractivity contribution in [3.63, 3.8) is 0 Å². The Kier molecular flexibility index (Phi) is 5.23. The molecule has 2 amide bonds. The molecule has 1 N–H and O–H groups in total. The van der Waals surface area contributed by atoms with Gasteiger partial charge < -0.3 is 19.6 Å². The molecule has 114 valence electrons. The van der Waals surface area contributed by atoms with Crippen LogP contribution in [-0.2, 0) is 9.53 Å². The number of nitrogens with zero attached hydrogens (tertiary/aromatic N) is 2. The first-order chi connectivity index (χ1) is 9.60. The summed E-state index contributed by atoms with van der Waals surface area (Å²) < 4.78 is 5.16. The third kappa shape index (κ3) is 3.85. The fourth-order valence-corrected chi connectivity index (χ4v) is 3.15. The summed E-state index contributed by atoms with van der Waals surface area (Å²) in [6, 6.07) is 0.0776. The van der Waals surface area contributed by atoms with Crippen LogP contribution in [-0.4, -0.2) is 66.8 Å². The first-order valence-electron chi connectivity index (χ1n) is 7.34. The normalized spacial score (nSPS) is 24.1. The maximum atomic E-state index is 12.4. The number of hydrogen-bond donors (Lipinski definition) is 1. The van der Waals surface area contributed by atoms with Gasteiger partial charge in [0.15, 0.2) is 0 Å². The number of piperidine rings is 1. The van der Waals surface area contributed by atoms with Gasteiger partial charge in [-0.2, -0.15) is 0 Å². The zero-order valence-electron chi connectivity index (χ0n) is 12.1. The van der Waals surface area contributed by atoms with Gasteiger partial charge in [0, 0.05) is 46.3 Å². The Bertz CT molecular complexity index is 353. The molecular weight excluding hydrogens is 260 g/mol. The van der Waals surface area contributed by atoms with Crippen LogP contribution >= 0.6 is 0 Å². The van der Waals surface area contributed by atoms with E-state index in [0.29, 0.717) is 19.0 Å². The molecule has 20 heavy (non-hydrogen) atoms. The Labute approximate surface area is 119 Å². The number of carbonyl (C=O) groups excluding carboxylic acids is 1. The summed E-state index contributed by atoms with van der Waals surface area (Å²) >= 11 is 0. The number of carbonyl (C=O) groups is 2. The summed E-state index contributed by atoms with van der Waals surface area (Å²) in [6.07, 6.45) is 2.95. The second-order valence-corrected chi connectivity index (χ2v) is 5.87.